The van der Waals surface area contributed by atoms with Gasteiger partial charge in [-0.15, -0.1) is 0 Å². The number of esters is 1. The molecular formula is C12H12N2O3. The number of carbonyl (C=O) groups excluding carboxylic acids is 1. The van der Waals surface area contributed by atoms with Crippen LogP contribution in [0.2, 0.25) is 0 Å². The van der Waals surface area contributed by atoms with Gasteiger partial charge in [0.1, 0.15) is 0 Å². The van der Waals surface area contributed by atoms with Crippen LogP contribution in [0.4, 0.5) is 0 Å². The van der Waals surface area contributed by atoms with E-state index in [2.05, 4.69) is 9.84 Å². The van der Waals surface area contributed by atoms with Gasteiger partial charge in [0.15, 0.2) is 5.69 Å². The Hall–Kier alpha value is -2.14. The van der Waals surface area contributed by atoms with E-state index in [4.69, 9.17) is 5.11 Å². The van der Waals surface area contributed by atoms with Crippen molar-refractivity contribution in [3.8, 4) is 5.69 Å². The van der Waals surface area contributed by atoms with Crippen molar-refractivity contribution >= 4 is 5.97 Å². The Morgan fingerprint density at radius 2 is 2.06 bits per heavy atom. The number of carbonyl (C=O) groups is 1. The molecule has 1 aromatic heterocycles. The van der Waals surface area contributed by atoms with E-state index in [1.54, 1.807) is 29.1 Å². The number of methoxy groups -OCH3 is 1. The summed E-state index contributed by atoms with van der Waals surface area (Å²) in [4.78, 5) is 11.2. The zero-order chi connectivity index (χ0) is 12.3. The predicted molar refractivity (Wildman–Crippen MR) is 60.8 cm³/mol. The zero-order valence-electron chi connectivity index (χ0n) is 9.33. The predicted octanol–water partition coefficient (Wildman–Crippen LogP) is 1.15. The minimum absolute atomic E-state index is 0.00674. The maximum atomic E-state index is 11.2. The molecule has 17 heavy (non-hydrogen) atoms. The number of benzene rings is 1. The summed E-state index contributed by atoms with van der Waals surface area (Å²) in [6, 6.07) is 8.83. The molecule has 0 bridgehead atoms. The smallest absolute Gasteiger partial charge is 0.358 e. The molecule has 0 amide bonds. The van der Waals surface area contributed by atoms with E-state index in [1.165, 1.54) is 7.11 Å². The number of rotatable bonds is 3. The number of hydrogen-bond donors (Lipinski definition) is 1. The van der Waals surface area contributed by atoms with Crippen molar-refractivity contribution < 1.29 is 14.6 Å². The van der Waals surface area contributed by atoms with Gasteiger partial charge in [-0.3, -0.25) is 0 Å². The average Bonchev–Trinajstić information content (AvgIpc) is 2.87. The normalized spacial score (nSPS) is 10.2. The van der Waals surface area contributed by atoms with Gasteiger partial charge < -0.3 is 9.84 Å². The number of hydrogen-bond acceptors (Lipinski definition) is 4. The molecule has 0 saturated carbocycles. The summed E-state index contributed by atoms with van der Waals surface area (Å²) < 4.78 is 6.15. The number of aliphatic hydroxyl groups is 1. The lowest BCUT2D eigenvalue weighted by atomic mass is 10.2. The fourth-order valence-corrected chi connectivity index (χ4v) is 1.44. The average molecular weight is 232 g/mol. The summed E-state index contributed by atoms with van der Waals surface area (Å²) in [6.45, 7) is 0.00674. The summed E-state index contributed by atoms with van der Waals surface area (Å²) in [5.41, 5.74) is 1.91. The Labute approximate surface area is 98.3 Å². The summed E-state index contributed by atoms with van der Waals surface area (Å²) >= 11 is 0. The van der Waals surface area contributed by atoms with E-state index in [0.717, 1.165) is 11.3 Å². The van der Waals surface area contributed by atoms with Gasteiger partial charge in [0.2, 0.25) is 0 Å². The molecule has 5 heteroatoms. The molecule has 2 rings (SSSR count). The first-order valence-electron chi connectivity index (χ1n) is 5.09. The van der Waals surface area contributed by atoms with E-state index in [1.807, 2.05) is 12.1 Å². The quantitative estimate of drug-likeness (QED) is 0.806. The van der Waals surface area contributed by atoms with E-state index in [0.29, 0.717) is 0 Å². The van der Waals surface area contributed by atoms with Crippen molar-refractivity contribution in [2.45, 2.75) is 6.61 Å². The van der Waals surface area contributed by atoms with Crippen LogP contribution in [0.3, 0.4) is 0 Å². The second-order valence-electron chi connectivity index (χ2n) is 3.46. The van der Waals surface area contributed by atoms with Crippen molar-refractivity contribution in [1.82, 2.24) is 9.78 Å². The highest BCUT2D eigenvalue weighted by Gasteiger charge is 2.09. The summed E-state index contributed by atoms with van der Waals surface area (Å²) in [5, 5.41) is 13.0. The van der Waals surface area contributed by atoms with Gasteiger partial charge in [0.25, 0.3) is 0 Å². The standard InChI is InChI=1S/C12H12N2O3/c1-17-12(16)11-6-7-14(13-11)10-4-2-9(8-15)3-5-10/h2-7,15H,8H2,1H3. The highest BCUT2D eigenvalue weighted by atomic mass is 16.5. The van der Waals surface area contributed by atoms with Crippen LogP contribution in [-0.4, -0.2) is 28.0 Å². The Bertz CT molecular complexity index is 517. The topological polar surface area (TPSA) is 64.3 Å². The van der Waals surface area contributed by atoms with Crippen LogP contribution in [0.5, 0.6) is 0 Å². The SMILES string of the molecule is COC(=O)c1ccn(-c2ccc(CO)cc2)n1. The Balaban J connectivity index is 2.27. The molecule has 0 spiro atoms. The van der Waals surface area contributed by atoms with Gasteiger partial charge >= 0.3 is 5.97 Å². The number of aromatic nitrogens is 2. The maximum absolute atomic E-state index is 11.2. The van der Waals surface area contributed by atoms with Gasteiger partial charge in [-0.1, -0.05) is 12.1 Å². The van der Waals surface area contributed by atoms with Crippen LogP contribution in [0.25, 0.3) is 5.69 Å². The largest absolute Gasteiger partial charge is 0.464 e. The molecule has 1 N–H and O–H groups in total. The third-order valence-electron chi connectivity index (χ3n) is 2.37. The molecule has 0 radical (unpaired) electrons. The molecule has 5 nitrogen and oxygen atoms in total. The molecular weight excluding hydrogens is 220 g/mol. The monoisotopic (exact) mass is 232 g/mol. The molecule has 2 aromatic rings. The first-order valence-corrected chi connectivity index (χ1v) is 5.09. The number of nitrogens with zero attached hydrogens (tertiary/aromatic N) is 2. The van der Waals surface area contributed by atoms with Crippen LogP contribution < -0.4 is 0 Å². The molecule has 0 fully saturated rings. The van der Waals surface area contributed by atoms with Crippen molar-refractivity contribution in [2.75, 3.05) is 7.11 Å². The van der Waals surface area contributed by atoms with Gasteiger partial charge in [-0.2, -0.15) is 5.10 Å². The van der Waals surface area contributed by atoms with Crippen LogP contribution in [0, 0.1) is 0 Å². The molecule has 0 aliphatic rings. The van der Waals surface area contributed by atoms with Gasteiger partial charge in [0, 0.05) is 6.20 Å². The first-order chi connectivity index (χ1) is 8.24. The summed E-state index contributed by atoms with van der Waals surface area (Å²) in [7, 11) is 1.32. The lowest BCUT2D eigenvalue weighted by Crippen LogP contribution is -2.04. The highest BCUT2D eigenvalue weighted by molar-refractivity contribution is 5.86. The minimum atomic E-state index is -0.462. The molecule has 0 saturated heterocycles. The molecule has 1 heterocycles. The van der Waals surface area contributed by atoms with Gasteiger partial charge in [0.05, 0.1) is 19.4 Å². The van der Waals surface area contributed by atoms with E-state index in [9.17, 15) is 4.79 Å². The summed E-state index contributed by atoms with van der Waals surface area (Å²) in [5.74, 6) is -0.462. The number of aliphatic hydroxyl groups excluding tert-OH is 1. The van der Waals surface area contributed by atoms with Gasteiger partial charge in [-0.25, -0.2) is 9.48 Å². The highest BCUT2D eigenvalue weighted by Crippen LogP contribution is 2.10. The zero-order valence-corrected chi connectivity index (χ0v) is 9.33. The maximum Gasteiger partial charge on any atom is 0.358 e. The lowest BCUT2D eigenvalue weighted by Gasteiger charge is -2.02. The molecule has 88 valence electrons. The van der Waals surface area contributed by atoms with Gasteiger partial charge in [-0.05, 0) is 23.8 Å². The second kappa shape index (κ2) is 4.80. The van der Waals surface area contributed by atoms with Crippen molar-refractivity contribution in [3.05, 3.63) is 47.8 Å². The number of ether oxygens (including phenoxy) is 1. The molecule has 0 aliphatic carbocycles. The molecule has 0 atom stereocenters. The van der Waals surface area contributed by atoms with Crippen molar-refractivity contribution in [1.29, 1.82) is 0 Å². The van der Waals surface area contributed by atoms with Crippen LogP contribution in [0.1, 0.15) is 16.1 Å². The third-order valence-corrected chi connectivity index (χ3v) is 2.37. The fourth-order valence-electron chi connectivity index (χ4n) is 1.44. The van der Waals surface area contributed by atoms with Crippen LogP contribution in [0.15, 0.2) is 36.5 Å². The van der Waals surface area contributed by atoms with Crippen LogP contribution in [-0.2, 0) is 11.3 Å². The van der Waals surface area contributed by atoms with E-state index < -0.39 is 5.97 Å². The van der Waals surface area contributed by atoms with E-state index >= 15 is 0 Å². The first kappa shape index (κ1) is 11.3. The fraction of sp³-hybridized carbons (Fsp3) is 0.167. The van der Waals surface area contributed by atoms with Crippen molar-refractivity contribution in [2.24, 2.45) is 0 Å². The van der Waals surface area contributed by atoms with Crippen molar-refractivity contribution in [3.63, 3.8) is 0 Å². The molecule has 0 aliphatic heterocycles. The molecule has 0 unspecified atom stereocenters. The summed E-state index contributed by atoms with van der Waals surface area (Å²) in [6.07, 6.45) is 1.68. The Morgan fingerprint density at radius 1 is 1.35 bits per heavy atom. The van der Waals surface area contributed by atoms with E-state index in [-0.39, 0.29) is 12.3 Å². The lowest BCUT2D eigenvalue weighted by molar-refractivity contribution is 0.0593. The minimum Gasteiger partial charge on any atom is -0.464 e. The second-order valence-corrected chi connectivity index (χ2v) is 3.46. The Kier molecular flexibility index (Phi) is 3.20. The third kappa shape index (κ3) is 2.34. The van der Waals surface area contributed by atoms with Crippen LogP contribution >= 0.6 is 0 Å². The Morgan fingerprint density at radius 3 is 2.65 bits per heavy atom. The molecule has 1 aromatic carbocycles.